The van der Waals surface area contributed by atoms with Crippen molar-refractivity contribution in [1.29, 1.82) is 0 Å². The molecule has 4 nitrogen and oxygen atoms in total. The van der Waals surface area contributed by atoms with E-state index in [1.165, 1.54) is 5.56 Å². The third-order valence-electron chi connectivity index (χ3n) is 6.28. The van der Waals surface area contributed by atoms with Gasteiger partial charge in [0.15, 0.2) is 0 Å². The lowest BCUT2D eigenvalue weighted by atomic mass is 9.66. The molecule has 0 saturated heterocycles. The fourth-order valence-corrected chi connectivity index (χ4v) is 4.57. The van der Waals surface area contributed by atoms with E-state index in [2.05, 4.69) is 22.4 Å². The van der Waals surface area contributed by atoms with Crippen LogP contribution in [-0.2, 0) is 10.2 Å². The number of anilines is 1. The minimum atomic E-state index is -0.0176. The number of aryl methyl sites for hydroxylation is 1. The van der Waals surface area contributed by atoms with Gasteiger partial charge in [0.05, 0.1) is 6.61 Å². The zero-order valence-corrected chi connectivity index (χ0v) is 16.6. The van der Waals surface area contributed by atoms with E-state index in [4.69, 9.17) is 16.3 Å². The van der Waals surface area contributed by atoms with Crippen LogP contribution in [0.2, 0.25) is 5.02 Å². The van der Waals surface area contributed by atoms with Gasteiger partial charge in [-0.1, -0.05) is 24.6 Å². The van der Waals surface area contributed by atoms with Crippen LogP contribution in [0.4, 0.5) is 5.69 Å². The van der Waals surface area contributed by atoms with Gasteiger partial charge in [-0.25, -0.2) is 4.98 Å². The summed E-state index contributed by atoms with van der Waals surface area (Å²) in [5.74, 6) is 1.27. The first-order valence-electron chi connectivity index (χ1n) is 9.64. The lowest BCUT2D eigenvalue weighted by molar-refractivity contribution is -0.121. The van der Waals surface area contributed by atoms with Gasteiger partial charge in [0.25, 0.3) is 0 Å². The number of rotatable bonds is 3. The molecule has 1 atom stereocenters. The second kappa shape index (κ2) is 7.16. The zero-order chi connectivity index (χ0) is 19.0. The topological polar surface area (TPSA) is 51.2 Å². The number of hydrogen-bond acceptors (Lipinski definition) is 3. The Hall–Kier alpha value is -2.07. The maximum Gasteiger partial charge on any atom is 0.227 e. The number of hydrogen-bond donors (Lipinski definition) is 1. The van der Waals surface area contributed by atoms with Crippen LogP contribution < -0.4 is 10.1 Å². The summed E-state index contributed by atoms with van der Waals surface area (Å²) in [5, 5.41) is 3.69. The standard InChI is InChI=1S/C22H25ClN2O2/c1-14-3-8-19-21(24-14)27-13-22(19)11-9-16(10-12-22)15(2)20(26)25-18-6-4-17(23)5-7-18/h3-8,15-16H,9-13H2,1-2H3,(H,25,26)/t15-,16?,22?/m0/s1. The van der Waals surface area contributed by atoms with Crippen molar-refractivity contribution < 1.29 is 9.53 Å². The number of aromatic nitrogens is 1. The Morgan fingerprint density at radius 1 is 1.22 bits per heavy atom. The van der Waals surface area contributed by atoms with Crippen LogP contribution in [0.3, 0.4) is 0 Å². The SMILES string of the molecule is Cc1ccc2c(n1)OCC21CCC([C@H](C)C(=O)Nc2ccc(Cl)cc2)CC1. The molecule has 1 aliphatic heterocycles. The van der Waals surface area contributed by atoms with Crippen molar-refractivity contribution in [3.05, 3.63) is 52.7 Å². The molecule has 1 aromatic heterocycles. The van der Waals surface area contributed by atoms with Crippen LogP contribution in [0.25, 0.3) is 0 Å². The lowest BCUT2D eigenvalue weighted by Crippen LogP contribution is -2.37. The molecule has 0 unspecified atom stereocenters. The highest BCUT2D eigenvalue weighted by atomic mass is 35.5. The van der Waals surface area contributed by atoms with Gasteiger partial charge < -0.3 is 10.1 Å². The molecule has 1 fully saturated rings. The third-order valence-corrected chi connectivity index (χ3v) is 6.53. The van der Waals surface area contributed by atoms with E-state index < -0.39 is 0 Å². The van der Waals surface area contributed by atoms with E-state index in [1.807, 2.05) is 26.0 Å². The van der Waals surface area contributed by atoms with Crippen LogP contribution in [0.15, 0.2) is 36.4 Å². The first-order chi connectivity index (χ1) is 13.0. The molecular weight excluding hydrogens is 360 g/mol. The quantitative estimate of drug-likeness (QED) is 0.797. The molecule has 1 spiro atoms. The molecule has 27 heavy (non-hydrogen) atoms. The van der Waals surface area contributed by atoms with E-state index in [9.17, 15) is 4.79 Å². The molecule has 1 N–H and O–H groups in total. The summed E-state index contributed by atoms with van der Waals surface area (Å²) in [6.07, 6.45) is 4.17. The summed E-state index contributed by atoms with van der Waals surface area (Å²) < 4.78 is 5.90. The highest BCUT2D eigenvalue weighted by Crippen LogP contribution is 2.49. The Kier molecular flexibility index (Phi) is 4.85. The van der Waals surface area contributed by atoms with Crippen molar-refractivity contribution in [1.82, 2.24) is 4.98 Å². The fraction of sp³-hybridized carbons (Fsp3) is 0.455. The molecule has 2 aliphatic rings. The second-order valence-corrected chi connectivity index (χ2v) is 8.43. The van der Waals surface area contributed by atoms with E-state index in [-0.39, 0.29) is 17.2 Å². The van der Waals surface area contributed by atoms with Gasteiger partial charge in [0.2, 0.25) is 11.8 Å². The molecule has 1 amide bonds. The van der Waals surface area contributed by atoms with E-state index in [0.29, 0.717) is 10.9 Å². The fourth-order valence-electron chi connectivity index (χ4n) is 4.44. The summed E-state index contributed by atoms with van der Waals surface area (Å²) >= 11 is 5.91. The van der Waals surface area contributed by atoms with Gasteiger partial charge in [-0.05, 0) is 68.9 Å². The highest BCUT2D eigenvalue weighted by Gasteiger charge is 2.45. The molecule has 5 heteroatoms. The molecular formula is C22H25ClN2O2. The zero-order valence-electron chi connectivity index (χ0n) is 15.8. The summed E-state index contributed by atoms with van der Waals surface area (Å²) in [7, 11) is 0. The van der Waals surface area contributed by atoms with Crippen molar-refractivity contribution in [2.75, 3.05) is 11.9 Å². The van der Waals surface area contributed by atoms with Crippen molar-refractivity contribution >= 4 is 23.2 Å². The van der Waals surface area contributed by atoms with Crippen LogP contribution in [0.1, 0.15) is 43.9 Å². The van der Waals surface area contributed by atoms with Crippen LogP contribution in [0.5, 0.6) is 5.88 Å². The minimum absolute atomic E-state index is 0.0176. The first-order valence-corrected chi connectivity index (χ1v) is 10.0. The number of ether oxygens (including phenoxy) is 1. The van der Waals surface area contributed by atoms with Gasteiger partial charge in [0.1, 0.15) is 0 Å². The summed E-state index contributed by atoms with van der Waals surface area (Å²) in [4.78, 5) is 17.2. The number of amides is 1. The Bertz CT molecular complexity index is 842. The third kappa shape index (κ3) is 3.55. The maximum absolute atomic E-state index is 12.7. The van der Waals surface area contributed by atoms with Crippen LogP contribution in [-0.4, -0.2) is 17.5 Å². The van der Waals surface area contributed by atoms with Crippen molar-refractivity contribution in [3.63, 3.8) is 0 Å². The van der Waals surface area contributed by atoms with Crippen LogP contribution >= 0.6 is 11.6 Å². The molecule has 1 saturated carbocycles. The maximum atomic E-state index is 12.7. The first kappa shape index (κ1) is 18.3. The summed E-state index contributed by atoms with van der Waals surface area (Å²) in [6.45, 7) is 4.75. The van der Waals surface area contributed by atoms with Gasteiger partial charge in [-0.2, -0.15) is 0 Å². The molecule has 0 bridgehead atoms. The van der Waals surface area contributed by atoms with E-state index in [1.54, 1.807) is 12.1 Å². The number of fused-ring (bicyclic) bond motifs is 2. The largest absolute Gasteiger partial charge is 0.476 e. The highest BCUT2D eigenvalue weighted by molar-refractivity contribution is 6.30. The van der Waals surface area contributed by atoms with Gasteiger partial charge >= 0.3 is 0 Å². The Morgan fingerprint density at radius 2 is 1.93 bits per heavy atom. The number of pyridine rings is 1. The number of nitrogens with zero attached hydrogens (tertiary/aromatic N) is 1. The van der Waals surface area contributed by atoms with E-state index >= 15 is 0 Å². The van der Waals surface area contributed by atoms with Crippen molar-refractivity contribution in [2.45, 2.75) is 44.9 Å². The number of halogens is 1. The molecule has 2 heterocycles. The number of carbonyl (C=O) groups is 1. The Morgan fingerprint density at radius 3 is 2.63 bits per heavy atom. The molecule has 4 rings (SSSR count). The predicted molar refractivity (Wildman–Crippen MR) is 107 cm³/mol. The summed E-state index contributed by atoms with van der Waals surface area (Å²) in [5.41, 5.74) is 3.12. The van der Waals surface area contributed by atoms with Crippen molar-refractivity contribution in [2.24, 2.45) is 11.8 Å². The monoisotopic (exact) mass is 384 g/mol. The van der Waals surface area contributed by atoms with Crippen molar-refractivity contribution in [3.8, 4) is 5.88 Å². The molecule has 1 aliphatic carbocycles. The number of carbonyl (C=O) groups excluding carboxylic acids is 1. The predicted octanol–water partition coefficient (Wildman–Crippen LogP) is 5.14. The molecule has 142 valence electrons. The smallest absolute Gasteiger partial charge is 0.227 e. The normalized spacial score (nSPS) is 24.9. The van der Waals surface area contributed by atoms with E-state index in [0.717, 1.165) is 49.6 Å². The minimum Gasteiger partial charge on any atom is -0.476 e. The Balaban J connectivity index is 1.39. The van der Waals surface area contributed by atoms with Gasteiger partial charge in [-0.15, -0.1) is 0 Å². The van der Waals surface area contributed by atoms with Gasteiger partial charge in [-0.3, -0.25) is 4.79 Å². The molecule has 0 radical (unpaired) electrons. The number of benzene rings is 1. The summed E-state index contributed by atoms with van der Waals surface area (Å²) in [6, 6.07) is 11.5. The number of nitrogens with one attached hydrogen (secondary N) is 1. The lowest BCUT2D eigenvalue weighted by Gasteiger charge is -2.38. The molecule has 1 aromatic carbocycles. The second-order valence-electron chi connectivity index (χ2n) is 8.00. The molecule has 2 aromatic rings. The van der Waals surface area contributed by atoms with Crippen LogP contribution in [0, 0.1) is 18.8 Å². The Labute approximate surface area is 165 Å². The van der Waals surface area contributed by atoms with Gasteiger partial charge in [0, 0.05) is 33.3 Å². The average molecular weight is 385 g/mol. The average Bonchev–Trinajstić information content (AvgIpc) is 3.01.